The molecule has 0 saturated carbocycles. The van der Waals surface area contributed by atoms with E-state index < -0.39 is 0 Å². The number of nitrogens with zero attached hydrogens (tertiary/aromatic N) is 6. The van der Waals surface area contributed by atoms with Crippen LogP contribution in [0.5, 0.6) is 0 Å². The maximum Gasteiger partial charge on any atom is 0.268 e. The number of hydrogen-bond acceptors (Lipinski definition) is 6. The Hall–Kier alpha value is -6.80. The minimum absolute atomic E-state index is 0.353. The molecule has 0 spiro atoms. The predicted molar refractivity (Wildman–Crippen MR) is 186 cm³/mol. The minimum Gasteiger partial charge on any atom is -0.308 e. The molecule has 1 aliphatic rings. The fourth-order valence-electron chi connectivity index (χ4n) is 6.93. The summed E-state index contributed by atoms with van der Waals surface area (Å²) in [5.41, 5.74) is 8.92. The minimum atomic E-state index is -0.371. The Morgan fingerprint density at radius 1 is 0.417 bits per heavy atom. The lowest BCUT2D eigenvalue weighted by molar-refractivity contribution is 0.0926. The van der Waals surface area contributed by atoms with E-state index in [1.807, 2.05) is 91.0 Å². The Labute approximate surface area is 274 Å². The summed E-state index contributed by atoms with van der Waals surface area (Å²) >= 11 is 0. The van der Waals surface area contributed by atoms with E-state index >= 15 is 0 Å². The lowest BCUT2D eigenvalue weighted by atomic mass is 9.97. The molecule has 48 heavy (non-hydrogen) atoms. The zero-order chi connectivity index (χ0) is 32.2. The van der Waals surface area contributed by atoms with Gasteiger partial charge in [-0.05, 0) is 47.0 Å². The topological polar surface area (TPSA) is 93.9 Å². The summed E-state index contributed by atoms with van der Waals surface area (Å²) in [6.45, 7) is 0. The molecular weight excluding hydrogens is 596 g/mol. The zero-order valence-electron chi connectivity index (χ0n) is 25.4. The smallest absolute Gasteiger partial charge is 0.268 e. The first-order valence-electron chi connectivity index (χ1n) is 15.4. The van der Waals surface area contributed by atoms with E-state index in [9.17, 15) is 9.59 Å². The summed E-state index contributed by atoms with van der Waals surface area (Å²) in [5, 5.41) is 1.92. The molecule has 4 heterocycles. The van der Waals surface area contributed by atoms with Crippen LogP contribution in [0, 0.1) is 0 Å². The highest BCUT2D eigenvalue weighted by Gasteiger charge is 2.40. The molecule has 0 fully saturated rings. The average Bonchev–Trinajstić information content (AvgIpc) is 3.63. The van der Waals surface area contributed by atoms with E-state index in [2.05, 4.69) is 36.6 Å². The third-order valence-corrected chi connectivity index (χ3v) is 8.92. The molecule has 8 nitrogen and oxygen atoms in total. The second-order valence-electron chi connectivity index (χ2n) is 11.5. The van der Waals surface area contributed by atoms with Crippen molar-refractivity contribution < 1.29 is 9.59 Å². The Morgan fingerprint density at radius 2 is 0.917 bits per heavy atom. The second-order valence-corrected chi connectivity index (χ2v) is 11.5. The number of carbonyl (C=O) groups is 2. The van der Waals surface area contributed by atoms with E-state index in [1.165, 1.54) is 17.6 Å². The molecule has 0 bridgehead atoms. The molecule has 3 aromatic heterocycles. The molecule has 0 aliphatic carbocycles. The number of aromatic nitrogens is 5. The molecule has 0 N–H and O–H groups in total. The van der Waals surface area contributed by atoms with Crippen molar-refractivity contribution in [3.8, 4) is 39.1 Å². The lowest BCUT2D eigenvalue weighted by Crippen LogP contribution is -2.30. The van der Waals surface area contributed by atoms with Gasteiger partial charge in [0.25, 0.3) is 11.8 Å². The van der Waals surface area contributed by atoms with Crippen LogP contribution in [0.3, 0.4) is 0 Å². The lowest BCUT2D eigenvalue weighted by Gasteiger charge is -2.18. The van der Waals surface area contributed by atoms with Gasteiger partial charge in [0.2, 0.25) is 0 Å². The number of imide groups is 1. The van der Waals surface area contributed by atoms with Crippen LogP contribution in [-0.2, 0) is 0 Å². The van der Waals surface area contributed by atoms with Gasteiger partial charge in [-0.15, -0.1) is 0 Å². The molecule has 1 aliphatic heterocycles. The largest absolute Gasteiger partial charge is 0.308 e. The Balaban J connectivity index is 1.32. The predicted octanol–water partition coefficient (Wildman–Crippen LogP) is 8.17. The van der Waals surface area contributed by atoms with Crippen molar-refractivity contribution in [1.82, 2.24) is 24.5 Å². The molecule has 9 rings (SSSR count). The molecule has 5 aromatic carbocycles. The number of fused-ring (bicyclic) bond motifs is 4. The fourth-order valence-corrected chi connectivity index (χ4v) is 6.93. The first-order chi connectivity index (χ1) is 23.7. The van der Waals surface area contributed by atoms with Crippen molar-refractivity contribution in [2.24, 2.45) is 0 Å². The fraction of sp³-hybridized carbons (Fsp3) is 0. The average molecular weight is 621 g/mol. The highest BCUT2D eigenvalue weighted by Crippen LogP contribution is 2.44. The Kier molecular flexibility index (Phi) is 6.26. The van der Waals surface area contributed by atoms with Gasteiger partial charge >= 0.3 is 0 Å². The maximum absolute atomic E-state index is 14.6. The highest BCUT2D eigenvalue weighted by atomic mass is 16.2. The van der Waals surface area contributed by atoms with Crippen LogP contribution in [0.4, 0.5) is 5.69 Å². The van der Waals surface area contributed by atoms with E-state index in [0.717, 1.165) is 55.2 Å². The molecule has 226 valence electrons. The van der Waals surface area contributed by atoms with Crippen molar-refractivity contribution in [3.05, 3.63) is 158 Å². The third kappa shape index (κ3) is 4.09. The van der Waals surface area contributed by atoms with Crippen LogP contribution in [0.25, 0.3) is 60.9 Å². The number of benzene rings is 5. The van der Waals surface area contributed by atoms with Crippen LogP contribution >= 0.6 is 0 Å². The number of amides is 2. The molecule has 8 heteroatoms. The molecule has 0 radical (unpaired) electrons. The van der Waals surface area contributed by atoms with Crippen LogP contribution in [0.1, 0.15) is 20.7 Å². The number of anilines is 1. The van der Waals surface area contributed by atoms with Crippen molar-refractivity contribution in [3.63, 3.8) is 0 Å². The summed E-state index contributed by atoms with van der Waals surface area (Å²) in [7, 11) is 0. The first kappa shape index (κ1) is 27.5. The van der Waals surface area contributed by atoms with Gasteiger partial charge in [0.05, 0.1) is 33.5 Å². The molecule has 0 unspecified atom stereocenters. The van der Waals surface area contributed by atoms with Gasteiger partial charge in [-0.3, -0.25) is 9.59 Å². The number of hydrogen-bond donors (Lipinski definition) is 0. The normalized spacial score (nSPS) is 12.6. The second kappa shape index (κ2) is 10.9. The van der Waals surface area contributed by atoms with Gasteiger partial charge < -0.3 is 4.57 Å². The van der Waals surface area contributed by atoms with Gasteiger partial charge in [0, 0.05) is 52.3 Å². The van der Waals surface area contributed by atoms with Crippen molar-refractivity contribution >= 4 is 39.3 Å². The SMILES string of the molecule is O=C1c2cccc(-n3c4cccc(-c5cncnc5)c4c4c(-c5cncnc5)cccc43)c2C(=O)N1c1ccccc1-c1ccccc1. The quantitative estimate of drug-likeness (QED) is 0.180. The van der Waals surface area contributed by atoms with Gasteiger partial charge in [-0.25, -0.2) is 24.8 Å². The van der Waals surface area contributed by atoms with E-state index in [4.69, 9.17) is 0 Å². The van der Waals surface area contributed by atoms with Crippen LogP contribution in [0.15, 0.2) is 147 Å². The van der Waals surface area contributed by atoms with Crippen molar-refractivity contribution in [1.29, 1.82) is 0 Å². The van der Waals surface area contributed by atoms with E-state index in [-0.39, 0.29) is 11.8 Å². The summed E-state index contributed by atoms with van der Waals surface area (Å²) in [6, 6.07) is 35.0. The van der Waals surface area contributed by atoms with Crippen LogP contribution in [-0.4, -0.2) is 36.3 Å². The maximum atomic E-state index is 14.6. The van der Waals surface area contributed by atoms with Gasteiger partial charge in [0.1, 0.15) is 12.7 Å². The number of para-hydroxylation sites is 1. The summed E-state index contributed by atoms with van der Waals surface area (Å²) in [5.74, 6) is -0.727. The Bertz CT molecular complexity index is 2450. The van der Waals surface area contributed by atoms with Gasteiger partial charge in [-0.1, -0.05) is 78.9 Å². The summed E-state index contributed by atoms with van der Waals surface area (Å²) in [6.07, 6.45) is 10.2. The van der Waals surface area contributed by atoms with Crippen molar-refractivity contribution in [2.45, 2.75) is 0 Å². The van der Waals surface area contributed by atoms with Crippen LogP contribution in [0.2, 0.25) is 0 Å². The van der Waals surface area contributed by atoms with E-state index in [0.29, 0.717) is 22.5 Å². The third-order valence-electron chi connectivity index (χ3n) is 8.92. The summed E-state index contributed by atoms with van der Waals surface area (Å²) < 4.78 is 2.09. The van der Waals surface area contributed by atoms with Gasteiger partial charge in [-0.2, -0.15) is 0 Å². The number of rotatable bonds is 5. The molecule has 0 saturated heterocycles. The van der Waals surface area contributed by atoms with E-state index in [1.54, 1.807) is 30.9 Å². The molecule has 0 atom stereocenters. The standard InChI is InChI=1S/C40H24N6O2/c47-39-31-14-8-18-35(38(31)40(48)46(39)32-15-5-4-11-28(32)25-9-2-1-3-10-25)45-33-16-6-12-29(26-19-41-23-42-20-26)36(33)37-30(13-7-17-34(37)45)27-21-43-24-44-22-27/h1-24H. The van der Waals surface area contributed by atoms with Crippen LogP contribution < -0.4 is 4.90 Å². The number of carbonyl (C=O) groups excluding carboxylic acids is 2. The van der Waals surface area contributed by atoms with Crippen molar-refractivity contribution in [2.75, 3.05) is 4.90 Å². The molecular formula is C40H24N6O2. The van der Waals surface area contributed by atoms with Gasteiger partial charge in [0.15, 0.2) is 0 Å². The monoisotopic (exact) mass is 620 g/mol. The first-order valence-corrected chi connectivity index (χ1v) is 15.4. The highest BCUT2D eigenvalue weighted by molar-refractivity contribution is 6.36. The molecule has 2 amide bonds. The Morgan fingerprint density at radius 3 is 1.54 bits per heavy atom. The zero-order valence-corrected chi connectivity index (χ0v) is 25.4. The molecule has 8 aromatic rings. The summed E-state index contributed by atoms with van der Waals surface area (Å²) in [4.78, 5) is 47.3.